The standard InChI is InChI=1S/C15H17N5O2/c1-9-7-17-11(8-16-9)15(21)20-6-2-3-12(20)13-18-14(22-19-13)10-4-5-10/h7-8,10,12H,2-6H2,1H3. The number of aromatic nitrogens is 4. The first-order chi connectivity index (χ1) is 10.7. The molecule has 114 valence electrons. The Morgan fingerprint density at radius 1 is 1.27 bits per heavy atom. The van der Waals surface area contributed by atoms with E-state index in [0.717, 1.165) is 31.4 Å². The molecule has 4 rings (SSSR count). The Hall–Kier alpha value is -2.31. The van der Waals surface area contributed by atoms with Crippen LogP contribution in [0.25, 0.3) is 0 Å². The van der Waals surface area contributed by atoms with E-state index in [1.807, 2.05) is 6.92 Å². The predicted molar refractivity (Wildman–Crippen MR) is 76.1 cm³/mol. The lowest BCUT2D eigenvalue weighted by Crippen LogP contribution is -2.31. The molecule has 1 aliphatic carbocycles. The largest absolute Gasteiger partial charge is 0.339 e. The van der Waals surface area contributed by atoms with E-state index in [9.17, 15) is 4.79 Å². The van der Waals surface area contributed by atoms with Gasteiger partial charge >= 0.3 is 0 Å². The average Bonchev–Trinajstić information content (AvgIpc) is 3.08. The molecule has 3 heterocycles. The van der Waals surface area contributed by atoms with Gasteiger partial charge in [-0.05, 0) is 32.6 Å². The summed E-state index contributed by atoms with van der Waals surface area (Å²) in [6.45, 7) is 2.53. The van der Waals surface area contributed by atoms with Crippen LogP contribution in [0.5, 0.6) is 0 Å². The molecule has 22 heavy (non-hydrogen) atoms. The number of hydrogen-bond donors (Lipinski definition) is 0. The lowest BCUT2D eigenvalue weighted by Gasteiger charge is -2.21. The molecule has 2 aromatic heterocycles. The fraction of sp³-hybridized carbons (Fsp3) is 0.533. The first-order valence-electron chi connectivity index (χ1n) is 7.65. The lowest BCUT2D eigenvalue weighted by molar-refractivity contribution is 0.0722. The predicted octanol–water partition coefficient (Wildman–Crippen LogP) is 2.02. The molecule has 1 unspecified atom stereocenters. The summed E-state index contributed by atoms with van der Waals surface area (Å²) in [5.41, 5.74) is 1.16. The van der Waals surface area contributed by atoms with E-state index in [4.69, 9.17) is 4.52 Å². The van der Waals surface area contributed by atoms with Gasteiger partial charge in [-0.3, -0.25) is 9.78 Å². The topological polar surface area (TPSA) is 85.0 Å². The molecule has 2 fully saturated rings. The highest BCUT2D eigenvalue weighted by atomic mass is 16.5. The Morgan fingerprint density at radius 2 is 2.14 bits per heavy atom. The van der Waals surface area contributed by atoms with Crippen LogP contribution >= 0.6 is 0 Å². The van der Waals surface area contributed by atoms with E-state index in [0.29, 0.717) is 29.9 Å². The van der Waals surface area contributed by atoms with Crippen LogP contribution in [0.4, 0.5) is 0 Å². The van der Waals surface area contributed by atoms with Crippen LogP contribution in [0, 0.1) is 6.92 Å². The minimum Gasteiger partial charge on any atom is -0.339 e. The van der Waals surface area contributed by atoms with Gasteiger partial charge < -0.3 is 9.42 Å². The number of carbonyl (C=O) groups excluding carboxylic acids is 1. The Kier molecular flexibility index (Phi) is 3.13. The normalized spacial score (nSPS) is 21.3. The van der Waals surface area contributed by atoms with Crippen LogP contribution in [-0.4, -0.2) is 37.5 Å². The van der Waals surface area contributed by atoms with Gasteiger partial charge in [-0.15, -0.1) is 0 Å². The van der Waals surface area contributed by atoms with E-state index < -0.39 is 0 Å². The van der Waals surface area contributed by atoms with Crippen LogP contribution < -0.4 is 0 Å². The number of rotatable bonds is 3. The summed E-state index contributed by atoms with van der Waals surface area (Å²) in [4.78, 5) is 27.2. The number of aryl methyl sites for hydroxylation is 1. The van der Waals surface area contributed by atoms with Crippen LogP contribution in [0.2, 0.25) is 0 Å². The zero-order valence-electron chi connectivity index (χ0n) is 12.4. The second-order valence-electron chi connectivity index (χ2n) is 5.96. The van der Waals surface area contributed by atoms with Crippen LogP contribution in [0.1, 0.15) is 65.5 Å². The Balaban J connectivity index is 1.56. The maximum Gasteiger partial charge on any atom is 0.274 e. The summed E-state index contributed by atoms with van der Waals surface area (Å²) in [7, 11) is 0. The fourth-order valence-electron chi connectivity index (χ4n) is 2.81. The van der Waals surface area contributed by atoms with Crippen molar-refractivity contribution in [3.05, 3.63) is 35.5 Å². The number of carbonyl (C=O) groups is 1. The summed E-state index contributed by atoms with van der Waals surface area (Å²) in [6.07, 6.45) is 7.16. The van der Waals surface area contributed by atoms with Crippen molar-refractivity contribution >= 4 is 5.91 Å². The number of likely N-dealkylation sites (tertiary alicyclic amines) is 1. The molecular weight excluding hydrogens is 282 g/mol. The average molecular weight is 299 g/mol. The summed E-state index contributed by atoms with van der Waals surface area (Å²) in [6, 6.07) is -0.119. The van der Waals surface area contributed by atoms with E-state index in [1.54, 1.807) is 11.1 Å². The highest BCUT2D eigenvalue weighted by molar-refractivity contribution is 5.92. The molecule has 1 atom stereocenters. The van der Waals surface area contributed by atoms with Crippen molar-refractivity contribution in [2.45, 2.75) is 44.6 Å². The molecule has 7 nitrogen and oxygen atoms in total. The smallest absolute Gasteiger partial charge is 0.274 e. The van der Waals surface area contributed by atoms with Gasteiger partial charge in [0.25, 0.3) is 5.91 Å². The van der Waals surface area contributed by atoms with Gasteiger partial charge in [-0.25, -0.2) is 4.98 Å². The maximum atomic E-state index is 12.6. The molecule has 1 aliphatic heterocycles. The molecule has 0 radical (unpaired) electrons. The van der Waals surface area contributed by atoms with Gasteiger partial charge in [0.1, 0.15) is 5.69 Å². The fourth-order valence-corrected chi connectivity index (χ4v) is 2.81. The van der Waals surface area contributed by atoms with Crippen molar-refractivity contribution in [3.63, 3.8) is 0 Å². The molecular formula is C15H17N5O2. The highest BCUT2D eigenvalue weighted by Crippen LogP contribution is 2.40. The van der Waals surface area contributed by atoms with Gasteiger partial charge in [0.2, 0.25) is 5.89 Å². The summed E-state index contributed by atoms with van der Waals surface area (Å²) >= 11 is 0. The van der Waals surface area contributed by atoms with Crippen molar-refractivity contribution in [2.75, 3.05) is 6.54 Å². The molecule has 2 aliphatic rings. The molecule has 1 amide bonds. The quantitative estimate of drug-likeness (QED) is 0.862. The lowest BCUT2D eigenvalue weighted by atomic mass is 10.2. The number of amides is 1. The van der Waals surface area contributed by atoms with Gasteiger partial charge in [0.05, 0.1) is 17.9 Å². The van der Waals surface area contributed by atoms with Gasteiger partial charge in [-0.1, -0.05) is 5.16 Å². The Bertz CT molecular complexity index is 692. The summed E-state index contributed by atoms with van der Waals surface area (Å²) < 4.78 is 5.32. The van der Waals surface area contributed by atoms with Crippen molar-refractivity contribution in [1.82, 2.24) is 25.0 Å². The maximum absolute atomic E-state index is 12.6. The van der Waals surface area contributed by atoms with Crippen LogP contribution in [-0.2, 0) is 0 Å². The van der Waals surface area contributed by atoms with Gasteiger partial charge in [-0.2, -0.15) is 4.98 Å². The molecule has 1 saturated heterocycles. The second kappa shape index (κ2) is 5.15. The van der Waals surface area contributed by atoms with E-state index in [2.05, 4.69) is 20.1 Å². The van der Waals surface area contributed by atoms with E-state index in [-0.39, 0.29) is 11.9 Å². The monoisotopic (exact) mass is 299 g/mol. The summed E-state index contributed by atoms with van der Waals surface area (Å²) in [5, 5.41) is 4.08. The third-order valence-electron chi connectivity index (χ3n) is 4.20. The second-order valence-corrected chi connectivity index (χ2v) is 5.96. The van der Waals surface area contributed by atoms with Crippen LogP contribution in [0.15, 0.2) is 16.9 Å². The Labute approximate surface area is 127 Å². The van der Waals surface area contributed by atoms with Crippen molar-refractivity contribution < 1.29 is 9.32 Å². The van der Waals surface area contributed by atoms with Gasteiger partial charge in [0, 0.05) is 18.7 Å². The third-order valence-corrected chi connectivity index (χ3v) is 4.20. The molecule has 2 aromatic rings. The van der Waals surface area contributed by atoms with Crippen molar-refractivity contribution in [2.24, 2.45) is 0 Å². The van der Waals surface area contributed by atoms with Crippen molar-refractivity contribution in [1.29, 1.82) is 0 Å². The SMILES string of the molecule is Cc1cnc(C(=O)N2CCCC2c2noc(C3CC3)n2)cn1. The molecule has 0 aromatic carbocycles. The molecule has 0 bridgehead atoms. The highest BCUT2D eigenvalue weighted by Gasteiger charge is 2.36. The third kappa shape index (κ3) is 2.36. The Morgan fingerprint density at radius 3 is 2.86 bits per heavy atom. The number of hydrogen-bond acceptors (Lipinski definition) is 6. The molecule has 0 spiro atoms. The molecule has 0 N–H and O–H groups in total. The number of nitrogens with zero attached hydrogens (tertiary/aromatic N) is 5. The van der Waals surface area contributed by atoms with Crippen molar-refractivity contribution in [3.8, 4) is 0 Å². The first kappa shape index (κ1) is 13.4. The minimum atomic E-state index is -0.119. The van der Waals surface area contributed by atoms with E-state index >= 15 is 0 Å². The minimum absolute atomic E-state index is 0.118. The van der Waals surface area contributed by atoms with Gasteiger partial charge in [0.15, 0.2) is 5.82 Å². The zero-order chi connectivity index (χ0) is 15.1. The zero-order valence-corrected chi connectivity index (χ0v) is 12.4. The summed E-state index contributed by atoms with van der Waals surface area (Å²) in [5.74, 6) is 1.64. The van der Waals surface area contributed by atoms with E-state index in [1.165, 1.54) is 6.20 Å². The molecule has 1 saturated carbocycles. The molecule has 7 heteroatoms. The first-order valence-corrected chi connectivity index (χ1v) is 7.65. The van der Waals surface area contributed by atoms with Crippen LogP contribution in [0.3, 0.4) is 0 Å².